The fourth-order valence-corrected chi connectivity index (χ4v) is 3.84. The smallest absolute Gasteiger partial charge is 0.341 e. The zero-order valence-corrected chi connectivity index (χ0v) is 17.8. The molecule has 0 amide bonds. The lowest BCUT2D eigenvalue weighted by Crippen LogP contribution is -2.25. The van der Waals surface area contributed by atoms with Crippen molar-refractivity contribution in [3.05, 3.63) is 79.1 Å². The molecule has 0 fully saturated rings. The minimum Gasteiger partial charge on any atom is -0.477 e. The number of carbonyl (C=O) groups is 1. The van der Waals surface area contributed by atoms with E-state index in [9.17, 15) is 23.5 Å². The van der Waals surface area contributed by atoms with Gasteiger partial charge in [0.2, 0.25) is 5.43 Å². The summed E-state index contributed by atoms with van der Waals surface area (Å²) in [5, 5.41) is 10.3. The maximum absolute atomic E-state index is 14.8. The standard InChI is InChI=1S/C22H17Cl2F2NO3/c1-4-27-11(3)17(13-6-8-16(25)10(2)19(13)26)21(28)18(22(29)30)20(27)12-5-7-14(23)15(24)9-12/h5-9H,4H2,1-3H3,(H,29,30). The second-order valence-corrected chi connectivity index (χ2v) is 7.54. The Bertz CT molecular complexity index is 1250. The third kappa shape index (κ3) is 3.50. The Morgan fingerprint density at radius 3 is 2.33 bits per heavy atom. The molecule has 0 aliphatic heterocycles. The zero-order chi connectivity index (χ0) is 22.3. The molecular formula is C22H17Cl2F2NO3. The van der Waals surface area contributed by atoms with Gasteiger partial charge in [-0.3, -0.25) is 4.79 Å². The summed E-state index contributed by atoms with van der Waals surface area (Å²) in [7, 11) is 0. The normalized spacial score (nSPS) is 11.0. The van der Waals surface area contributed by atoms with Crippen molar-refractivity contribution < 1.29 is 18.7 Å². The molecule has 1 aromatic heterocycles. The van der Waals surface area contributed by atoms with Crippen molar-refractivity contribution in [2.24, 2.45) is 0 Å². The van der Waals surface area contributed by atoms with E-state index in [1.54, 1.807) is 24.5 Å². The van der Waals surface area contributed by atoms with Crippen molar-refractivity contribution in [1.29, 1.82) is 0 Å². The van der Waals surface area contributed by atoms with Gasteiger partial charge in [-0.15, -0.1) is 0 Å². The third-order valence-corrected chi connectivity index (χ3v) is 5.78. The third-order valence-electron chi connectivity index (χ3n) is 5.04. The van der Waals surface area contributed by atoms with Gasteiger partial charge >= 0.3 is 5.97 Å². The summed E-state index contributed by atoms with van der Waals surface area (Å²) in [6, 6.07) is 6.73. The zero-order valence-electron chi connectivity index (χ0n) is 16.3. The van der Waals surface area contributed by atoms with Crippen molar-refractivity contribution in [2.45, 2.75) is 27.3 Å². The predicted molar refractivity (Wildman–Crippen MR) is 114 cm³/mol. The first-order valence-electron chi connectivity index (χ1n) is 9.01. The van der Waals surface area contributed by atoms with Crippen LogP contribution in [0.3, 0.4) is 0 Å². The van der Waals surface area contributed by atoms with E-state index in [0.717, 1.165) is 12.1 Å². The van der Waals surface area contributed by atoms with Crippen LogP contribution in [-0.4, -0.2) is 15.6 Å². The number of rotatable bonds is 4. The molecule has 0 aliphatic carbocycles. The molecule has 0 unspecified atom stereocenters. The van der Waals surface area contributed by atoms with Gasteiger partial charge in [0.25, 0.3) is 0 Å². The second-order valence-electron chi connectivity index (χ2n) is 6.73. The molecule has 0 saturated carbocycles. The number of aromatic nitrogens is 1. The molecule has 0 aliphatic rings. The highest BCUT2D eigenvalue weighted by Gasteiger charge is 2.27. The fraction of sp³-hybridized carbons (Fsp3) is 0.182. The van der Waals surface area contributed by atoms with Crippen molar-refractivity contribution >= 4 is 29.2 Å². The van der Waals surface area contributed by atoms with Crippen LogP contribution in [0.15, 0.2) is 35.1 Å². The van der Waals surface area contributed by atoms with E-state index in [0.29, 0.717) is 11.3 Å². The van der Waals surface area contributed by atoms with Crippen molar-refractivity contribution in [2.75, 3.05) is 0 Å². The number of nitrogens with zero attached hydrogens (tertiary/aromatic N) is 1. The topological polar surface area (TPSA) is 59.3 Å². The molecule has 0 radical (unpaired) electrons. The molecule has 1 N–H and O–H groups in total. The second kappa shape index (κ2) is 8.20. The number of carboxylic acid groups (broad SMARTS) is 1. The Balaban J connectivity index is 2.49. The maximum atomic E-state index is 14.8. The van der Waals surface area contributed by atoms with Crippen LogP contribution in [0, 0.1) is 25.5 Å². The molecule has 3 aromatic rings. The summed E-state index contributed by atoms with van der Waals surface area (Å²) in [5.74, 6) is -3.13. The van der Waals surface area contributed by atoms with Gasteiger partial charge in [-0.2, -0.15) is 0 Å². The number of hydrogen-bond acceptors (Lipinski definition) is 2. The molecule has 0 atom stereocenters. The maximum Gasteiger partial charge on any atom is 0.341 e. The van der Waals surface area contributed by atoms with Gasteiger partial charge < -0.3 is 9.67 Å². The molecule has 30 heavy (non-hydrogen) atoms. The summed E-state index contributed by atoms with van der Waals surface area (Å²) >= 11 is 12.1. The van der Waals surface area contributed by atoms with Crippen molar-refractivity contribution in [3.63, 3.8) is 0 Å². The lowest BCUT2D eigenvalue weighted by atomic mass is 9.95. The number of hydrogen-bond donors (Lipinski definition) is 1. The van der Waals surface area contributed by atoms with E-state index < -0.39 is 28.6 Å². The van der Waals surface area contributed by atoms with E-state index in [-0.39, 0.29) is 39.0 Å². The first-order valence-corrected chi connectivity index (χ1v) is 9.76. The van der Waals surface area contributed by atoms with E-state index in [1.165, 1.54) is 19.1 Å². The Morgan fingerprint density at radius 1 is 1.10 bits per heavy atom. The van der Waals surface area contributed by atoms with Crippen molar-refractivity contribution in [1.82, 2.24) is 4.57 Å². The largest absolute Gasteiger partial charge is 0.477 e. The molecular weight excluding hydrogens is 435 g/mol. The number of halogens is 4. The van der Waals surface area contributed by atoms with Crippen LogP contribution in [0.25, 0.3) is 22.4 Å². The molecule has 3 rings (SSSR count). The Morgan fingerprint density at radius 2 is 1.77 bits per heavy atom. The van der Waals surface area contributed by atoms with Gasteiger partial charge in [0.05, 0.1) is 21.3 Å². The molecule has 1 heterocycles. The first kappa shape index (κ1) is 22.0. The van der Waals surface area contributed by atoms with Gasteiger partial charge in [0.1, 0.15) is 17.2 Å². The van der Waals surface area contributed by atoms with Crippen molar-refractivity contribution in [3.8, 4) is 22.4 Å². The summed E-state index contributed by atoms with van der Waals surface area (Å²) < 4.78 is 30.2. The molecule has 0 spiro atoms. The van der Waals surface area contributed by atoms with E-state index in [1.807, 2.05) is 0 Å². The highest BCUT2D eigenvalue weighted by Crippen LogP contribution is 2.34. The lowest BCUT2D eigenvalue weighted by Gasteiger charge is -2.21. The highest BCUT2D eigenvalue weighted by molar-refractivity contribution is 6.42. The van der Waals surface area contributed by atoms with Gasteiger partial charge in [0.15, 0.2) is 0 Å². The van der Waals surface area contributed by atoms with Crippen LogP contribution in [0.5, 0.6) is 0 Å². The Kier molecular flexibility index (Phi) is 6.01. The molecule has 0 saturated heterocycles. The van der Waals surface area contributed by atoms with Gasteiger partial charge in [0, 0.05) is 28.9 Å². The van der Waals surface area contributed by atoms with E-state index >= 15 is 0 Å². The number of benzene rings is 2. The predicted octanol–water partition coefficient (Wildman–Crippen LogP) is 6.10. The SMILES string of the molecule is CCn1c(C)c(-c2ccc(F)c(C)c2F)c(=O)c(C(=O)O)c1-c1ccc(Cl)c(Cl)c1. The molecule has 0 bridgehead atoms. The monoisotopic (exact) mass is 451 g/mol. The molecule has 8 heteroatoms. The minimum absolute atomic E-state index is 0.126. The number of aromatic carboxylic acids is 1. The Labute approximate surface area is 181 Å². The van der Waals surface area contributed by atoms with E-state index in [4.69, 9.17) is 23.2 Å². The average Bonchev–Trinajstić information content (AvgIpc) is 2.69. The number of pyridine rings is 1. The summed E-state index contributed by atoms with van der Waals surface area (Å²) in [6.45, 7) is 4.89. The van der Waals surface area contributed by atoms with Gasteiger partial charge in [-0.05, 0) is 45.0 Å². The highest BCUT2D eigenvalue weighted by atomic mass is 35.5. The molecule has 2 aromatic carbocycles. The first-order chi connectivity index (χ1) is 14.1. The molecule has 156 valence electrons. The van der Waals surface area contributed by atoms with Crippen LogP contribution in [0.2, 0.25) is 10.0 Å². The minimum atomic E-state index is -1.47. The van der Waals surface area contributed by atoms with Crippen LogP contribution in [0.1, 0.15) is 28.5 Å². The molecule has 4 nitrogen and oxygen atoms in total. The van der Waals surface area contributed by atoms with Gasteiger partial charge in [-0.25, -0.2) is 13.6 Å². The van der Waals surface area contributed by atoms with E-state index in [2.05, 4.69) is 0 Å². The fourth-order valence-electron chi connectivity index (χ4n) is 3.54. The summed E-state index contributed by atoms with van der Waals surface area (Å²) in [4.78, 5) is 25.4. The average molecular weight is 452 g/mol. The number of carboxylic acids is 1. The lowest BCUT2D eigenvalue weighted by molar-refractivity contribution is 0.0695. The van der Waals surface area contributed by atoms with Crippen LogP contribution in [0.4, 0.5) is 8.78 Å². The Hall–Kier alpha value is -2.70. The summed E-state index contributed by atoms with van der Waals surface area (Å²) in [6.07, 6.45) is 0. The summed E-state index contributed by atoms with van der Waals surface area (Å²) in [5.41, 5.74) is -1.06. The quantitative estimate of drug-likeness (QED) is 0.520. The van der Waals surface area contributed by atoms with Crippen LogP contribution >= 0.6 is 23.2 Å². The van der Waals surface area contributed by atoms with Crippen LogP contribution < -0.4 is 5.43 Å². The van der Waals surface area contributed by atoms with Crippen LogP contribution in [-0.2, 0) is 6.54 Å². The van der Waals surface area contributed by atoms with Gasteiger partial charge in [-0.1, -0.05) is 29.3 Å².